The summed E-state index contributed by atoms with van der Waals surface area (Å²) in [5.41, 5.74) is -1.83. The number of non-ortho nitro benzene ring substituents is 1. The van der Waals surface area contributed by atoms with E-state index in [1.807, 2.05) is 4.98 Å². The summed E-state index contributed by atoms with van der Waals surface area (Å²) in [6.07, 6.45) is -5.17. The molecule has 15 nitrogen and oxygen atoms in total. The number of hydrogen-bond donors (Lipinski definition) is 3. The number of ether oxygens (including phenoxy) is 2. The van der Waals surface area contributed by atoms with Crippen LogP contribution in [0.5, 0.6) is 5.75 Å². The minimum Gasteiger partial charge on any atom is -0.756 e. The number of nitro groups is 1. The lowest BCUT2D eigenvalue weighted by Crippen LogP contribution is -2.39. The van der Waals surface area contributed by atoms with E-state index in [1.165, 1.54) is 12.1 Å². The zero-order valence-corrected chi connectivity index (χ0v) is 16.9. The largest absolute Gasteiger partial charge is 0.756 e. The molecule has 0 amide bonds. The second-order valence-electron chi connectivity index (χ2n) is 6.42. The van der Waals surface area contributed by atoms with Crippen molar-refractivity contribution in [3.8, 4) is 5.75 Å². The van der Waals surface area contributed by atoms with Crippen LogP contribution in [0.2, 0.25) is 0 Å². The molecule has 3 rings (SSSR count). The summed E-state index contributed by atoms with van der Waals surface area (Å²) in [4.78, 5) is 47.2. The van der Waals surface area contributed by atoms with Crippen LogP contribution in [0.4, 0.5) is 5.69 Å². The van der Waals surface area contributed by atoms with E-state index in [4.69, 9.17) is 14.0 Å². The fraction of sp³-hybridized carbons (Fsp3) is 0.375. The molecule has 0 aliphatic carbocycles. The number of phosphoric acid groups is 1. The minimum atomic E-state index is -5.11. The van der Waals surface area contributed by atoms with Gasteiger partial charge in [0.05, 0.1) is 11.5 Å². The van der Waals surface area contributed by atoms with Gasteiger partial charge in [0, 0.05) is 24.4 Å². The SMILES string of the molecule is O=c1ccn([C@@H]2O[C@H](CO)[C@@H](OP(=O)([O-])OCOc3ccc([N+](=O)[O-])cc3)[C@H]2O)c(=O)[nH]1. The first-order chi connectivity index (χ1) is 15.1. The highest BCUT2D eigenvalue weighted by molar-refractivity contribution is 7.45. The number of nitrogens with zero attached hydrogens (tertiary/aromatic N) is 2. The van der Waals surface area contributed by atoms with Gasteiger partial charge in [-0.05, 0) is 12.1 Å². The third kappa shape index (κ3) is 5.46. The fourth-order valence-electron chi connectivity index (χ4n) is 2.86. The van der Waals surface area contributed by atoms with Crippen molar-refractivity contribution < 1.29 is 43.1 Å². The van der Waals surface area contributed by atoms with Gasteiger partial charge in [0.2, 0.25) is 0 Å². The molecular weight excluding hydrogens is 457 g/mol. The fourth-order valence-corrected chi connectivity index (χ4v) is 3.66. The van der Waals surface area contributed by atoms with Gasteiger partial charge in [0.25, 0.3) is 19.1 Å². The van der Waals surface area contributed by atoms with Crippen molar-refractivity contribution in [2.24, 2.45) is 0 Å². The monoisotopic (exact) mass is 474 g/mol. The van der Waals surface area contributed by atoms with Gasteiger partial charge in [-0.1, -0.05) is 0 Å². The zero-order chi connectivity index (χ0) is 23.5. The normalized spacial score (nSPS) is 24.7. The van der Waals surface area contributed by atoms with Crippen LogP contribution in [-0.4, -0.2) is 56.4 Å². The van der Waals surface area contributed by atoms with Gasteiger partial charge in [-0.15, -0.1) is 0 Å². The van der Waals surface area contributed by atoms with Crippen LogP contribution in [0.15, 0.2) is 46.1 Å². The minimum absolute atomic E-state index is 0.0746. The van der Waals surface area contributed by atoms with E-state index < -0.39 is 61.9 Å². The maximum atomic E-state index is 12.1. The van der Waals surface area contributed by atoms with E-state index in [-0.39, 0.29) is 11.4 Å². The Balaban J connectivity index is 1.63. The van der Waals surface area contributed by atoms with Crippen LogP contribution in [0.3, 0.4) is 0 Å². The Hall–Kier alpha value is -2.91. The highest BCUT2D eigenvalue weighted by atomic mass is 31.2. The second-order valence-corrected chi connectivity index (χ2v) is 7.78. The number of H-pyrrole nitrogens is 1. The van der Waals surface area contributed by atoms with Crippen molar-refractivity contribution in [3.05, 3.63) is 67.5 Å². The van der Waals surface area contributed by atoms with Gasteiger partial charge >= 0.3 is 5.69 Å². The van der Waals surface area contributed by atoms with E-state index in [0.717, 1.165) is 29.0 Å². The van der Waals surface area contributed by atoms with Crippen molar-refractivity contribution >= 4 is 13.5 Å². The van der Waals surface area contributed by atoms with Gasteiger partial charge in [0.1, 0.15) is 24.1 Å². The summed E-state index contributed by atoms with van der Waals surface area (Å²) in [6, 6.07) is 5.71. The first-order valence-corrected chi connectivity index (χ1v) is 10.3. The van der Waals surface area contributed by atoms with Crippen molar-refractivity contribution in [1.29, 1.82) is 0 Å². The van der Waals surface area contributed by atoms with Crippen LogP contribution in [0.1, 0.15) is 6.23 Å². The lowest BCUT2D eigenvalue weighted by Gasteiger charge is -2.29. The number of nitro benzene ring substituents is 1. The second kappa shape index (κ2) is 9.70. The Labute approximate surface area is 178 Å². The van der Waals surface area contributed by atoms with E-state index in [2.05, 4.69) is 4.52 Å². The summed E-state index contributed by atoms with van der Waals surface area (Å²) >= 11 is 0. The molecule has 3 N–H and O–H groups in total. The van der Waals surface area contributed by atoms with Crippen LogP contribution >= 0.6 is 7.82 Å². The van der Waals surface area contributed by atoms with Gasteiger partial charge in [-0.25, -0.2) is 4.79 Å². The van der Waals surface area contributed by atoms with Crippen LogP contribution in [0, 0.1) is 10.1 Å². The summed E-state index contributed by atoms with van der Waals surface area (Å²) in [5, 5.41) is 30.5. The number of hydrogen-bond acceptors (Lipinski definition) is 12. The number of aliphatic hydroxyl groups is 2. The van der Waals surface area contributed by atoms with E-state index >= 15 is 0 Å². The lowest BCUT2D eigenvalue weighted by molar-refractivity contribution is -0.384. The molecule has 1 aromatic carbocycles. The molecule has 0 bridgehead atoms. The number of aromatic amines is 1. The Kier molecular flexibility index (Phi) is 7.20. The third-order valence-electron chi connectivity index (χ3n) is 4.35. The molecule has 0 spiro atoms. The number of aliphatic hydroxyl groups excluding tert-OH is 2. The molecule has 5 atom stereocenters. The molecule has 1 aliphatic heterocycles. The van der Waals surface area contributed by atoms with Crippen molar-refractivity contribution in [3.63, 3.8) is 0 Å². The molecule has 1 fully saturated rings. The Morgan fingerprint density at radius 1 is 1.25 bits per heavy atom. The van der Waals surface area contributed by atoms with E-state index in [1.54, 1.807) is 0 Å². The van der Waals surface area contributed by atoms with E-state index in [0.29, 0.717) is 0 Å². The molecule has 32 heavy (non-hydrogen) atoms. The average molecular weight is 474 g/mol. The number of nitrogens with one attached hydrogen (secondary N) is 1. The molecule has 1 unspecified atom stereocenters. The van der Waals surface area contributed by atoms with Crippen molar-refractivity contribution in [1.82, 2.24) is 9.55 Å². The summed E-state index contributed by atoms with van der Waals surface area (Å²) in [5.74, 6) is 0.0746. The summed E-state index contributed by atoms with van der Waals surface area (Å²) in [7, 11) is -5.11. The molecule has 2 heterocycles. The Morgan fingerprint density at radius 2 is 1.94 bits per heavy atom. The van der Waals surface area contributed by atoms with Gasteiger partial charge in [-0.3, -0.25) is 33.5 Å². The molecule has 2 aromatic rings. The predicted octanol–water partition coefficient (Wildman–Crippen LogP) is -1.40. The third-order valence-corrected chi connectivity index (χ3v) is 5.27. The van der Waals surface area contributed by atoms with Crippen LogP contribution in [-0.2, 0) is 18.3 Å². The number of aromatic nitrogens is 2. The van der Waals surface area contributed by atoms with E-state index in [9.17, 15) is 39.4 Å². The summed E-state index contributed by atoms with van der Waals surface area (Å²) < 4.78 is 32.6. The Morgan fingerprint density at radius 3 is 2.53 bits per heavy atom. The highest BCUT2D eigenvalue weighted by Gasteiger charge is 2.47. The maximum Gasteiger partial charge on any atom is 0.330 e. The molecule has 174 valence electrons. The van der Waals surface area contributed by atoms with Gasteiger partial charge in [0.15, 0.2) is 13.0 Å². The van der Waals surface area contributed by atoms with Crippen LogP contribution in [0.25, 0.3) is 0 Å². The van der Waals surface area contributed by atoms with Crippen LogP contribution < -0.4 is 20.9 Å². The molecule has 1 saturated heterocycles. The molecule has 0 saturated carbocycles. The quantitative estimate of drug-likeness (QED) is 0.166. The standard InChI is InChI=1S/C16H18N3O12P/c20-7-11-14(13(22)15(30-11)18-6-5-12(21)17-16(18)23)31-32(26,27)29-8-28-10-3-1-9(2-4-10)19(24)25/h1-6,11,13-15,20,22H,7-8H2,(H,26,27)(H,17,21,23)/p-1/t11-,13-,14-,15-/m1/s1. The smallest absolute Gasteiger partial charge is 0.330 e. The number of benzene rings is 1. The molecule has 1 aliphatic rings. The van der Waals surface area contributed by atoms with Crippen molar-refractivity contribution in [2.45, 2.75) is 24.5 Å². The average Bonchev–Trinajstić information content (AvgIpc) is 3.03. The molecule has 1 aromatic heterocycles. The lowest BCUT2D eigenvalue weighted by atomic mass is 10.1. The molecule has 0 radical (unpaired) electrons. The van der Waals surface area contributed by atoms with Gasteiger partial charge in [-0.2, -0.15) is 0 Å². The number of phosphoric ester groups is 1. The predicted molar refractivity (Wildman–Crippen MR) is 100 cm³/mol. The number of rotatable bonds is 9. The zero-order valence-electron chi connectivity index (χ0n) is 16.0. The topological polar surface area (TPSA) is 216 Å². The van der Waals surface area contributed by atoms with Crippen molar-refractivity contribution in [2.75, 3.05) is 13.4 Å². The Bertz CT molecular complexity index is 1120. The molecule has 16 heteroatoms. The summed E-state index contributed by atoms with van der Waals surface area (Å²) in [6.45, 7) is -1.62. The first-order valence-electron chi connectivity index (χ1n) is 8.88. The first kappa shape index (κ1) is 23.7. The maximum absolute atomic E-state index is 12.1. The molecular formula is C16H17N3O12P-. The highest BCUT2D eigenvalue weighted by Crippen LogP contribution is 2.44. The van der Waals surface area contributed by atoms with Gasteiger partial charge < -0.3 is 29.1 Å².